The molecule has 3 rings (SSSR count). The topological polar surface area (TPSA) is 127 Å². The SMILES string of the molecule is CC(C)(C)OC(=O)N1CCC(OCc2nc(-c3ccc(C(=O)NCCO)c(F)c3)no2)CC1. The van der Waals surface area contributed by atoms with Crippen LogP contribution in [0.1, 0.15) is 49.9 Å². The van der Waals surface area contributed by atoms with Crippen molar-refractivity contribution in [2.75, 3.05) is 26.2 Å². The van der Waals surface area contributed by atoms with Gasteiger partial charge in [0.05, 0.1) is 18.3 Å². The molecule has 0 unspecified atom stereocenters. The smallest absolute Gasteiger partial charge is 0.410 e. The fraction of sp³-hybridized carbons (Fsp3) is 0.545. The lowest BCUT2D eigenvalue weighted by atomic mass is 10.1. The van der Waals surface area contributed by atoms with Crippen LogP contribution in [0.25, 0.3) is 11.4 Å². The molecule has 0 atom stereocenters. The number of carbonyl (C=O) groups is 2. The Balaban J connectivity index is 1.50. The van der Waals surface area contributed by atoms with E-state index in [0.717, 1.165) is 6.07 Å². The van der Waals surface area contributed by atoms with Crippen molar-refractivity contribution in [2.45, 2.75) is 51.9 Å². The molecule has 10 nitrogen and oxygen atoms in total. The van der Waals surface area contributed by atoms with Gasteiger partial charge in [-0.25, -0.2) is 9.18 Å². The summed E-state index contributed by atoms with van der Waals surface area (Å²) in [6.45, 7) is 6.46. The summed E-state index contributed by atoms with van der Waals surface area (Å²) in [6.07, 6.45) is 0.927. The van der Waals surface area contributed by atoms with E-state index < -0.39 is 17.3 Å². The molecule has 1 fully saturated rings. The summed E-state index contributed by atoms with van der Waals surface area (Å²) in [6, 6.07) is 3.98. The molecule has 1 aromatic carbocycles. The predicted molar refractivity (Wildman–Crippen MR) is 115 cm³/mol. The van der Waals surface area contributed by atoms with Crippen molar-refractivity contribution < 1.29 is 33.1 Å². The Morgan fingerprint density at radius 2 is 2.03 bits per heavy atom. The third-order valence-electron chi connectivity index (χ3n) is 4.87. The lowest BCUT2D eigenvalue weighted by molar-refractivity contribution is -0.0231. The zero-order valence-corrected chi connectivity index (χ0v) is 19.0. The van der Waals surface area contributed by atoms with Crippen molar-refractivity contribution in [1.82, 2.24) is 20.4 Å². The minimum absolute atomic E-state index is 0.0360. The van der Waals surface area contributed by atoms with Crippen molar-refractivity contribution in [3.63, 3.8) is 0 Å². The number of aliphatic hydroxyl groups is 1. The Labute approximate surface area is 191 Å². The van der Waals surface area contributed by atoms with Gasteiger partial charge in [0, 0.05) is 25.2 Å². The number of benzene rings is 1. The highest BCUT2D eigenvalue weighted by atomic mass is 19.1. The molecular weight excluding hydrogens is 435 g/mol. The number of piperidine rings is 1. The zero-order valence-electron chi connectivity index (χ0n) is 19.0. The number of hydrogen-bond acceptors (Lipinski definition) is 8. The van der Waals surface area contributed by atoms with Crippen molar-refractivity contribution in [3.05, 3.63) is 35.5 Å². The number of likely N-dealkylation sites (tertiary alicyclic amines) is 1. The van der Waals surface area contributed by atoms with E-state index in [2.05, 4.69) is 15.5 Å². The van der Waals surface area contributed by atoms with Crippen LogP contribution in [0.5, 0.6) is 0 Å². The van der Waals surface area contributed by atoms with E-state index in [1.807, 2.05) is 20.8 Å². The highest BCUT2D eigenvalue weighted by Crippen LogP contribution is 2.21. The molecule has 1 aliphatic rings. The number of amides is 2. The second kappa shape index (κ2) is 10.7. The van der Waals surface area contributed by atoms with Crippen LogP contribution in [0.2, 0.25) is 0 Å². The molecule has 11 heteroatoms. The van der Waals surface area contributed by atoms with Gasteiger partial charge in [-0.1, -0.05) is 11.2 Å². The van der Waals surface area contributed by atoms with E-state index >= 15 is 0 Å². The molecule has 0 spiro atoms. The van der Waals surface area contributed by atoms with Crippen LogP contribution in [0.4, 0.5) is 9.18 Å². The van der Waals surface area contributed by atoms with Gasteiger partial charge in [-0.2, -0.15) is 4.98 Å². The van der Waals surface area contributed by atoms with Crippen LogP contribution in [-0.2, 0) is 16.1 Å². The first-order chi connectivity index (χ1) is 15.7. The zero-order chi connectivity index (χ0) is 24.0. The molecule has 2 aromatic rings. The summed E-state index contributed by atoms with van der Waals surface area (Å²) in [5.41, 5.74) is -0.320. The summed E-state index contributed by atoms with van der Waals surface area (Å²) in [5, 5.41) is 15.0. The third-order valence-corrected chi connectivity index (χ3v) is 4.87. The second-order valence-corrected chi connectivity index (χ2v) is 8.66. The van der Waals surface area contributed by atoms with Crippen LogP contribution in [0.15, 0.2) is 22.7 Å². The van der Waals surface area contributed by atoms with Crippen LogP contribution in [0.3, 0.4) is 0 Å². The van der Waals surface area contributed by atoms with Crippen LogP contribution in [0, 0.1) is 5.82 Å². The van der Waals surface area contributed by atoms with Gasteiger partial charge in [0.15, 0.2) is 0 Å². The highest BCUT2D eigenvalue weighted by Gasteiger charge is 2.27. The number of nitrogens with zero attached hydrogens (tertiary/aromatic N) is 3. The fourth-order valence-corrected chi connectivity index (χ4v) is 3.25. The van der Waals surface area contributed by atoms with E-state index in [9.17, 15) is 14.0 Å². The first-order valence-corrected chi connectivity index (χ1v) is 10.8. The van der Waals surface area contributed by atoms with Gasteiger partial charge in [-0.15, -0.1) is 0 Å². The summed E-state index contributed by atoms with van der Waals surface area (Å²) in [5.74, 6) is -0.936. The summed E-state index contributed by atoms with van der Waals surface area (Å²) >= 11 is 0. The van der Waals surface area contributed by atoms with Crippen molar-refractivity contribution in [2.24, 2.45) is 0 Å². The van der Waals surface area contributed by atoms with E-state index in [1.54, 1.807) is 4.90 Å². The predicted octanol–water partition coefficient (Wildman–Crippen LogP) is 2.51. The molecule has 0 radical (unpaired) electrons. The number of ether oxygens (including phenoxy) is 2. The van der Waals surface area contributed by atoms with Gasteiger partial charge in [-0.3, -0.25) is 4.79 Å². The maximum atomic E-state index is 14.3. The Kier molecular flexibility index (Phi) is 7.98. The highest BCUT2D eigenvalue weighted by molar-refractivity contribution is 5.94. The largest absolute Gasteiger partial charge is 0.444 e. The molecule has 1 saturated heterocycles. The van der Waals surface area contributed by atoms with Crippen LogP contribution < -0.4 is 5.32 Å². The van der Waals surface area contributed by atoms with Crippen molar-refractivity contribution >= 4 is 12.0 Å². The summed E-state index contributed by atoms with van der Waals surface area (Å²) in [7, 11) is 0. The standard InChI is InChI=1S/C22H29FN4O6/c1-22(2,3)32-21(30)27-9-6-15(7-10-27)31-13-18-25-19(26-33-18)14-4-5-16(17(23)12-14)20(29)24-8-11-28/h4-5,12,15,28H,6-11,13H2,1-3H3,(H,24,29). The monoisotopic (exact) mass is 464 g/mol. The molecule has 2 N–H and O–H groups in total. The number of hydrogen-bond donors (Lipinski definition) is 2. The summed E-state index contributed by atoms with van der Waals surface area (Å²) in [4.78, 5) is 29.9. The Morgan fingerprint density at radius 3 is 2.67 bits per heavy atom. The first-order valence-electron chi connectivity index (χ1n) is 10.8. The second-order valence-electron chi connectivity index (χ2n) is 8.66. The maximum absolute atomic E-state index is 14.3. The Hall–Kier alpha value is -3.05. The minimum atomic E-state index is -0.734. The molecule has 180 valence electrons. The molecule has 1 aromatic heterocycles. The lowest BCUT2D eigenvalue weighted by Crippen LogP contribution is -2.43. The number of aromatic nitrogens is 2. The molecule has 33 heavy (non-hydrogen) atoms. The van der Waals surface area contributed by atoms with Gasteiger partial charge in [0.1, 0.15) is 18.0 Å². The Bertz CT molecular complexity index is 966. The van der Waals surface area contributed by atoms with Gasteiger partial charge >= 0.3 is 6.09 Å². The first kappa shape index (κ1) is 24.6. The van der Waals surface area contributed by atoms with E-state index in [1.165, 1.54) is 12.1 Å². The van der Waals surface area contributed by atoms with Gasteiger partial charge < -0.3 is 29.3 Å². The Morgan fingerprint density at radius 1 is 1.30 bits per heavy atom. The van der Waals surface area contributed by atoms with E-state index in [-0.39, 0.29) is 49.2 Å². The molecule has 0 bridgehead atoms. The lowest BCUT2D eigenvalue weighted by Gasteiger charge is -2.33. The van der Waals surface area contributed by atoms with Crippen molar-refractivity contribution in [3.8, 4) is 11.4 Å². The average Bonchev–Trinajstić information content (AvgIpc) is 3.24. The third kappa shape index (κ3) is 6.96. The summed E-state index contributed by atoms with van der Waals surface area (Å²) < 4.78 is 30.7. The van der Waals surface area contributed by atoms with Crippen molar-refractivity contribution in [1.29, 1.82) is 0 Å². The number of nitrogens with one attached hydrogen (secondary N) is 1. The minimum Gasteiger partial charge on any atom is -0.444 e. The van der Waals surface area contributed by atoms with Gasteiger partial charge in [0.25, 0.3) is 11.8 Å². The van der Waals surface area contributed by atoms with Crippen LogP contribution >= 0.6 is 0 Å². The molecule has 0 aliphatic carbocycles. The average molecular weight is 464 g/mol. The normalized spacial score (nSPS) is 14.9. The van der Waals surface area contributed by atoms with Gasteiger partial charge in [0.2, 0.25) is 5.82 Å². The van der Waals surface area contributed by atoms with Gasteiger partial charge in [-0.05, 0) is 45.7 Å². The van der Waals surface area contributed by atoms with Crippen LogP contribution in [-0.4, -0.2) is 70.1 Å². The van der Waals surface area contributed by atoms with E-state index in [0.29, 0.717) is 31.5 Å². The fourth-order valence-electron chi connectivity index (χ4n) is 3.25. The number of carbonyl (C=O) groups excluding carboxylic acids is 2. The molecule has 1 aliphatic heterocycles. The van der Waals surface area contributed by atoms with E-state index in [4.69, 9.17) is 19.1 Å². The maximum Gasteiger partial charge on any atom is 0.410 e. The molecule has 0 saturated carbocycles. The number of halogens is 1. The quantitative estimate of drug-likeness (QED) is 0.640. The molecule has 2 heterocycles. The molecule has 2 amide bonds. The molecular formula is C22H29FN4O6. The number of aliphatic hydroxyl groups excluding tert-OH is 1. The number of rotatable bonds is 7.